The third-order valence-electron chi connectivity index (χ3n) is 2.96. The molecular weight excluding hydrogens is 240 g/mol. The van der Waals surface area contributed by atoms with E-state index >= 15 is 0 Å². The average Bonchev–Trinajstić information content (AvgIpc) is 2.55. The van der Waals surface area contributed by atoms with Gasteiger partial charge in [-0.15, -0.1) is 0 Å². The van der Waals surface area contributed by atoms with E-state index in [1.54, 1.807) is 0 Å². The van der Waals surface area contributed by atoms with Gasteiger partial charge < -0.3 is 0 Å². The summed E-state index contributed by atoms with van der Waals surface area (Å²) in [7, 11) is 0. The van der Waals surface area contributed by atoms with Crippen molar-refractivity contribution < 1.29 is 0 Å². The summed E-state index contributed by atoms with van der Waals surface area (Å²) in [4.78, 5) is 0. The van der Waals surface area contributed by atoms with E-state index < -0.39 is 0 Å². The maximum atomic E-state index is 2.24. The lowest BCUT2D eigenvalue weighted by Gasteiger charge is -2.06. The molecule has 0 bridgehead atoms. The van der Waals surface area contributed by atoms with E-state index in [1.807, 2.05) is 26.8 Å². The molecule has 0 aliphatic rings. The lowest BCUT2D eigenvalue weighted by atomic mass is 9.99. The van der Waals surface area contributed by atoms with Gasteiger partial charge in [0, 0.05) is 0 Å². The largest absolute Gasteiger partial charge is 0.0871 e. The molecule has 104 valence electrons. The summed E-state index contributed by atoms with van der Waals surface area (Å²) in [5.41, 5.74) is 5.04. The second kappa shape index (κ2) is 8.92. The second-order valence-corrected chi connectivity index (χ2v) is 4.19. The van der Waals surface area contributed by atoms with E-state index in [-0.39, 0.29) is 0 Å². The molecule has 0 amide bonds. The van der Waals surface area contributed by atoms with Crippen molar-refractivity contribution in [2.24, 2.45) is 0 Å². The van der Waals surface area contributed by atoms with E-state index in [1.165, 1.54) is 22.3 Å². The molecule has 0 radical (unpaired) electrons. The normalized spacial score (nSPS) is 11.1. The van der Waals surface area contributed by atoms with Crippen LogP contribution in [0.3, 0.4) is 0 Å². The van der Waals surface area contributed by atoms with Gasteiger partial charge in [0.05, 0.1) is 0 Å². The molecule has 0 unspecified atom stereocenters. The van der Waals surface area contributed by atoms with Gasteiger partial charge in [-0.05, 0) is 42.2 Å². The number of hydrogen-bond acceptors (Lipinski definition) is 0. The molecule has 0 aliphatic heterocycles. The minimum Gasteiger partial charge on any atom is -0.0871 e. The Morgan fingerprint density at radius 3 is 2.05 bits per heavy atom. The Balaban J connectivity index is 0.000000956. The average molecular weight is 264 g/mol. The zero-order valence-electron chi connectivity index (χ0n) is 12.9. The highest BCUT2D eigenvalue weighted by Gasteiger charge is 2.00. The highest BCUT2D eigenvalue weighted by atomic mass is 14.0. The van der Waals surface area contributed by atoms with E-state index in [0.717, 1.165) is 0 Å². The topological polar surface area (TPSA) is 0 Å². The molecule has 0 aliphatic carbocycles. The lowest BCUT2D eigenvalue weighted by Crippen LogP contribution is -1.83. The van der Waals surface area contributed by atoms with Crippen LogP contribution in [0.4, 0.5) is 0 Å². The van der Waals surface area contributed by atoms with Crippen LogP contribution in [0.5, 0.6) is 0 Å². The summed E-state index contributed by atoms with van der Waals surface area (Å²) < 4.78 is 0. The van der Waals surface area contributed by atoms with Crippen LogP contribution < -0.4 is 0 Å². The number of benzene rings is 2. The second-order valence-electron chi connectivity index (χ2n) is 4.19. The zero-order valence-corrected chi connectivity index (χ0v) is 12.9. The Morgan fingerprint density at radius 1 is 0.800 bits per heavy atom. The van der Waals surface area contributed by atoms with Crippen molar-refractivity contribution in [3.05, 3.63) is 78.4 Å². The quantitative estimate of drug-likeness (QED) is 0.566. The summed E-state index contributed by atoms with van der Waals surface area (Å²) in [6.07, 6.45) is 6.36. The van der Waals surface area contributed by atoms with Crippen LogP contribution in [0, 0.1) is 0 Å². The lowest BCUT2D eigenvalue weighted by molar-refractivity contribution is 1.50. The van der Waals surface area contributed by atoms with Crippen LogP contribution in [-0.4, -0.2) is 0 Å². The van der Waals surface area contributed by atoms with Crippen molar-refractivity contribution in [2.45, 2.75) is 27.7 Å². The minimum atomic E-state index is 1.26. The van der Waals surface area contributed by atoms with Crippen LogP contribution >= 0.6 is 0 Å². The molecule has 20 heavy (non-hydrogen) atoms. The van der Waals surface area contributed by atoms with Gasteiger partial charge in [0.15, 0.2) is 0 Å². The Labute approximate surface area is 123 Å². The van der Waals surface area contributed by atoms with Gasteiger partial charge in [0.2, 0.25) is 0 Å². The zero-order chi connectivity index (χ0) is 14.8. The fourth-order valence-corrected chi connectivity index (χ4v) is 2.05. The van der Waals surface area contributed by atoms with Gasteiger partial charge in [0.25, 0.3) is 0 Å². The smallest absolute Gasteiger partial charge is 0.0178 e. The van der Waals surface area contributed by atoms with Crippen molar-refractivity contribution in [3.63, 3.8) is 0 Å². The highest BCUT2D eigenvalue weighted by Crippen LogP contribution is 2.24. The molecule has 2 aromatic carbocycles. The van der Waals surface area contributed by atoms with Crippen LogP contribution in [0.2, 0.25) is 0 Å². The summed E-state index contributed by atoms with van der Waals surface area (Å²) in [5, 5.41) is 0. The molecular formula is C20H24. The molecule has 0 heterocycles. The van der Waals surface area contributed by atoms with Crippen LogP contribution in [0.1, 0.15) is 33.3 Å². The predicted octanol–water partition coefficient (Wildman–Crippen LogP) is 6.36. The van der Waals surface area contributed by atoms with Crippen LogP contribution in [0.25, 0.3) is 16.7 Å². The maximum Gasteiger partial charge on any atom is -0.0178 e. The Morgan fingerprint density at radius 2 is 1.45 bits per heavy atom. The SMILES string of the molecule is C/C=C\C(=C/C)c1cccc(-c2ccccc2)c1.CC. The Kier molecular flexibility index (Phi) is 7.13. The molecule has 2 aromatic rings. The van der Waals surface area contributed by atoms with E-state index in [4.69, 9.17) is 0 Å². The molecule has 0 fully saturated rings. The first-order valence-electron chi connectivity index (χ1n) is 7.30. The molecule has 0 N–H and O–H groups in total. The maximum absolute atomic E-state index is 2.24. The van der Waals surface area contributed by atoms with Gasteiger partial charge in [-0.1, -0.05) is 80.6 Å². The Hall–Kier alpha value is -2.08. The van der Waals surface area contributed by atoms with E-state index in [0.29, 0.717) is 0 Å². The first kappa shape index (κ1) is 16.0. The molecule has 2 rings (SSSR count). The van der Waals surface area contributed by atoms with Crippen LogP contribution in [-0.2, 0) is 0 Å². The van der Waals surface area contributed by atoms with Crippen molar-refractivity contribution in [3.8, 4) is 11.1 Å². The summed E-state index contributed by atoms with van der Waals surface area (Å²) in [6.45, 7) is 8.12. The van der Waals surface area contributed by atoms with Gasteiger partial charge in [-0.3, -0.25) is 0 Å². The van der Waals surface area contributed by atoms with Crippen molar-refractivity contribution in [2.75, 3.05) is 0 Å². The molecule has 0 spiro atoms. The van der Waals surface area contributed by atoms with Crippen LogP contribution in [0.15, 0.2) is 72.8 Å². The first-order chi connectivity index (χ1) is 9.85. The van der Waals surface area contributed by atoms with E-state index in [9.17, 15) is 0 Å². The molecule has 0 atom stereocenters. The van der Waals surface area contributed by atoms with Crippen molar-refractivity contribution >= 4 is 5.57 Å². The number of hydrogen-bond donors (Lipinski definition) is 0. The molecule has 0 heteroatoms. The van der Waals surface area contributed by atoms with E-state index in [2.05, 4.69) is 73.7 Å². The standard InChI is InChI=1S/C18H18.C2H6/c1-3-9-15(4-2)17-12-8-13-18(14-17)16-10-6-5-7-11-16;1-2/h3-14H,1-2H3;1-2H3/b9-3-,15-4+;. The van der Waals surface area contributed by atoms with Gasteiger partial charge >= 0.3 is 0 Å². The molecule has 0 aromatic heterocycles. The minimum absolute atomic E-state index is 1.26. The molecule has 0 nitrogen and oxygen atoms in total. The number of rotatable bonds is 3. The third kappa shape index (κ3) is 4.24. The summed E-state index contributed by atoms with van der Waals surface area (Å²) in [6, 6.07) is 19.1. The first-order valence-corrected chi connectivity index (χ1v) is 7.30. The van der Waals surface area contributed by atoms with Gasteiger partial charge in [-0.25, -0.2) is 0 Å². The Bertz CT molecular complexity index is 560. The fraction of sp³-hybridized carbons (Fsp3) is 0.200. The number of allylic oxidation sites excluding steroid dienone is 4. The van der Waals surface area contributed by atoms with Gasteiger partial charge in [0.1, 0.15) is 0 Å². The summed E-state index contributed by atoms with van der Waals surface area (Å²) >= 11 is 0. The molecule has 0 saturated heterocycles. The predicted molar refractivity (Wildman–Crippen MR) is 91.7 cm³/mol. The fourth-order valence-electron chi connectivity index (χ4n) is 2.05. The van der Waals surface area contributed by atoms with Crippen molar-refractivity contribution in [1.29, 1.82) is 0 Å². The monoisotopic (exact) mass is 264 g/mol. The van der Waals surface area contributed by atoms with Crippen molar-refractivity contribution in [1.82, 2.24) is 0 Å². The third-order valence-corrected chi connectivity index (χ3v) is 2.96. The highest BCUT2D eigenvalue weighted by molar-refractivity contribution is 5.77. The summed E-state index contributed by atoms with van der Waals surface area (Å²) in [5.74, 6) is 0. The molecule has 0 saturated carbocycles. The van der Waals surface area contributed by atoms with Gasteiger partial charge in [-0.2, -0.15) is 0 Å².